The Morgan fingerprint density at radius 1 is 1.17 bits per heavy atom. The molecular formula is C20H32O2Si. The summed E-state index contributed by atoms with van der Waals surface area (Å²) in [5, 5.41) is 11.0. The molecule has 1 aromatic rings. The van der Waals surface area contributed by atoms with Crippen LogP contribution < -0.4 is 0 Å². The van der Waals surface area contributed by atoms with Crippen LogP contribution in [-0.2, 0) is 10.8 Å². The molecule has 3 heteroatoms. The van der Waals surface area contributed by atoms with Gasteiger partial charge in [0.1, 0.15) is 0 Å². The van der Waals surface area contributed by atoms with Crippen molar-refractivity contribution in [1.82, 2.24) is 0 Å². The molecule has 0 amide bonds. The first kappa shape index (κ1) is 17.2. The maximum absolute atomic E-state index is 10.7. The normalized spacial score (nSPS) is 23.5. The van der Waals surface area contributed by atoms with Crippen LogP contribution >= 0.6 is 0 Å². The lowest BCUT2D eigenvalue weighted by Gasteiger charge is -2.38. The Hall–Kier alpha value is -0.643. The van der Waals surface area contributed by atoms with Crippen molar-refractivity contribution in [2.24, 2.45) is 5.92 Å². The first-order valence-electron chi connectivity index (χ1n) is 9.18. The molecule has 1 aromatic carbocycles. The highest BCUT2D eigenvalue weighted by atomic mass is 28.4. The van der Waals surface area contributed by atoms with Crippen LogP contribution in [0.15, 0.2) is 18.2 Å². The largest absolute Gasteiger partial charge is 0.410 e. The molecule has 2 aliphatic rings. The highest BCUT2D eigenvalue weighted by Crippen LogP contribution is 2.46. The van der Waals surface area contributed by atoms with Gasteiger partial charge in [0.05, 0.1) is 12.2 Å². The Labute approximate surface area is 142 Å². The summed E-state index contributed by atoms with van der Waals surface area (Å²) in [6, 6.07) is 6.47. The molecule has 128 valence electrons. The SMILES string of the molecule is CC(C)(C)[Si](C)(C)OC1CCc2c1cccc2C(O)C1CCC1. The summed E-state index contributed by atoms with van der Waals surface area (Å²) in [4.78, 5) is 0. The van der Waals surface area contributed by atoms with E-state index in [0.29, 0.717) is 5.92 Å². The van der Waals surface area contributed by atoms with Crippen LogP contribution in [0.25, 0.3) is 0 Å². The summed E-state index contributed by atoms with van der Waals surface area (Å²) in [6.07, 6.45) is 5.69. The first-order chi connectivity index (χ1) is 10.7. The molecule has 1 N–H and O–H groups in total. The van der Waals surface area contributed by atoms with E-state index in [1.54, 1.807) is 0 Å². The Balaban J connectivity index is 1.83. The van der Waals surface area contributed by atoms with Gasteiger partial charge in [-0.3, -0.25) is 0 Å². The predicted molar refractivity (Wildman–Crippen MR) is 98.1 cm³/mol. The number of fused-ring (bicyclic) bond motifs is 1. The highest BCUT2D eigenvalue weighted by Gasteiger charge is 2.41. The summed E-state index contributed by atoms with van der Waals surface area (Å²) in [7, 11) is -1.76. The van der Waals surface area contributed by atoms with Crippen molar-refractivity contribution in [3.05, 3.63) is 34.9 Å². The minimum atomic E-state index is -1.76. The summed E-state index contributed by atoms with van der Waals surface area (Å²) in [5.74, 6) is 0.474. The fourth-order valence-electron chi connectivity index (χ4n) is 3.59. The fraction of sp³-hybridized carbons (Fsp3) is 0.700. The molecule has 1 saturated carbocycles. The molecule has 2 atom stereocenters. The highest BCUT2D eigenvalue weighted by molar-refractivity contribution is 6.74. The number of hydrogen-bond donors (Lipinski definition) is 1. The van der Waals surface area contributed by atoms with Crippen molar-refractivity contribution in [2.75, 3.05) is 0 Å². The molecule has 0 bridgehead atoms. The van der Waals surface area contributed by atoms with Gasteiger partial charge in [-0.1, -0.05) is 45.4 Å². The van der Waals surface area contributed by atoms with Gasteiger partial charge in [-0.25, -0.2) is 0 Å². The van der Waals surface area contributed by atoms with Crippen molar-refractivity contribution in [2.45, 2.75) is 83.2 Å². The van der Waals surface area contributed by atoms with Crippen LogP contribution in [0.2, 0.25) is 18.1 Å². The number of aliphatic hydroxyl groups is 1. The summed E-state index contributed by atoms with van der Waals surface area (Å²) >= 11 is 0. The van der Waals surface area contributed by atoms with E-state index in [1.165, 1.54) is 36.0 Å². The molecule has 2 aliphatic carbocycles. The number of hydrogen-bond acceptors (Lipinski definition) is 2. The van der Waals surface area contributed by atoms with Crippen molar-refractivity contribution in [3.8, 4) is 0 Å². The maximum atomic E-state index is 10.7. The molecule has 2 unspecified atom stereocenters. The molecule has 1 fully saturated rings. The monoisotopic (exact) mass is 332 g/mol. The van der Waals surface area contributed by atoms with Crippen molar-refractivity contribution in [1.29, 1.82) is 0 Å². The van der Waals surface area contributed by atoms with E-state index in [4.69, 9.17) is 4.43 Å². The smallest absolute Gasteiger partial charge is 0.192 e. The second-order valence-electron chi connectivity index (χ2n) is 8.96. The van der Waals surface area contributed by atoms with E-state index in [0.717, 1.165) is 12.8 Å². The lowest BCUT2D eigenvalue weighted by Crippen LogP contribution is -2.41. The maximum Gasteiger partial charge on any atom is 0.192 e. The number of aliphatic hydroxyl groups excluding tert-OH is 1. The molecule has 3 rings (SSSR count). The van der Waals surface area contributed by atoms with Gasteiger partial charge in [0.2, 0.25) is 0 Å². The third-order valence-corrected chi connectivity index (χ3v) is 10.9. The Morgan fingerprint density at radius 3 is 2.43 bits per heavy atom. The number of rotatable bonds is 4. The molecule has 2 nitrogen and oxygen atoms in total. The van der Waals surface area contributed by atoms with Gasteiger partial charge in [0, 0.05) is 0 Å². The Bertz CT molecular complexity index is 569. The van der Waals surface area contributed by atoms with E-state index >= 15 is 0 Å². The standard InChI is InChI=1S/C20H32O2Si/c1-20(2,3)23(4,5)22-18-13-12-15-16(18)10-7-11-17(15)19(21)14-8-6-9-14/h7,10-11,14,18-19,21H,6,8-9,12-13H2,1-5H3. The first-order valence-corrected chi connectivity index (χ1v) is 12.1. The second-order valence-corrected chi connectivity index (χ2v) is 13.7. The van der Waals surface area contributed by atoms with E-state index in [2.05, 4.69) is 52.1 Å². The summed E-state index contributed by atoms with van der Waals surface area (Å²) in [5.41, 5.74) is 3.88. The molecule has 0 aliphatic heterocycles. The van der Waals surface area contributed by atoms with Gasteiger partial charge in [-0.2, -0.15) is 0 Å². The zero-order valence-electron chi connectivity index (χ0n) is 15.4. The molecule has 0 radical (unpaired) electrons. The average Bonchev–Trinajstić information content (AvgIpc) is 2.78. The Morgan fingerprint density at radius 2 is 1.87 bits per heavy atom. The van der Waals surface area contributed by atoms with Gasteiger partial charge < -0.3 is 9.53 Å². The zero-order valence-corrected chi connectivity index (χ0v) is 16.4. The second kappa shape index (κ2) is 6.02. The molecule has 23 heavy (non-hydrogen) atoms. The van der Waals surface area contributed by atoms with Crippen molar-refractivity contribution in [3.63, 3.8) is 0 Å². The lowest BCUT2D eigenvalue weighted by molar-refractivity contribution is 0.0614. The van der Waals surface area contributed by atoms with Crippen molar-refractivity contribution >= 4 is 8.32 Å². The Kier molecular flexibility index (Phi) is 4.50. The fourth-order valence-corrected chi connectivity index (χ4v) is 4.90. The summed E-state index contributed by atoms with van der Waals surface area (Å²) in [6.45, 7) is 11.6. The molecule has 0 heterocycles. The third-order valence-electron chi connectivity index (χ3n) is 6.41. The van der Waals surface area contributed by atoms with Crippen LogP contribution in [-0.4, -0.2) is 13.4 Å². The third kappa shape index (κ3) is 3.16. The van der Waals surface area contributed by atoms with Gasteiger partial charge in [-0.15, -0.1) is 0 Å². The van der Waals surface area contributed by atoms with Gasteiger partial charge >= 0.3 is 0 Å². The minimum absolute atomic E-state index is 0.222. The van der Waals surface area contributed by atoms with E-state index in [-0.39, 0.29) is 17.2 Å². The average molecular weight is 333 g/mol. The van der Waals surface area contributed by atoms with Crippen molar-refractivity contribution < 1.29 is 9.53 Å². The van der Waals surface area contributed by atoms with Crippen LogP contribution in [0.1, 0.15) is 75.4 Å². The predicted octanol–water partition coefficient (Wildman–Crippen LogP) is 5.53. The van der Waals surface area contributed by atoms with Crippen LogP contribution in [0.5, 0.6) is 0 Å². The zero-order chi connectivity index (χ0) is 16.8. The molecule has 0 saturated heterocycles. The number of benzene rings is 1. The van der Waals surface area contributed by atoms with Gasteiger partial charge in [0.15, 0.2) is 8.32 Å². The lowest BCUT2D eigenvalue weighted by atomic mass is 9.77. The summed E-state index contributed by atoms with van der Waals surface area (Å²) < 4.78 is 6.68. The van der Waals surface area contributed by atoms with E-state index < -0.39 is 8.32 Å². The van der Waals surface area contributed by atoms with E-state index in [9.17, 15) is 5.11 Å². The topological polar surface area (TPSA) is 29.5 Å². The molecule has 0 aromatic heterocycles. The van der Waals surface area contributed by atoms with Gasteiger partial charge in [0.25, 0.3) is 0 Å². The quantitative estimate of drug-likeness (QED) is 0.735. The minimum Gasteiger partial charge on any atom is -0.410 e. The molecular weight excluding hydrogens is 300 g/mol. The van der Waals surface area contributed by atoms with Crippen LogP contribution in [0, 0.1) is 5.92 Å². The molecule has 0 spiro atoms. The van der Waals surface area contributed by atoms with Crippen LogP contribution in [0.3, 0.4) is 0 Å². The van der Waals surface area contributed by atoms with Crippen LogP contribution in [0.4, 0.5) is 0 Å². The van der Waals surface area contributed by atoms with Gasteiger partial charge in [-0.05, 0) is 66.4 Å². The van der Waals surface area contributed by atoms with E-state index in [1.807, 2.05) is 0 Å².